The first kappa shape index (κ1) is 14.5. The minimum Gasteiger partial charge on any atom is -0.384 e. The summed E-state index contributed by atoms with van der Waals surface area (Å²) >= 11 is 0. The minimum atomic E-state index is -0.999. The van der Waals surface area contributed by atoms with Gasteiger partial charge in [-0.05, 0) is 49.9 Å². The zero-order valence-electron chi connectivity index (χ0n) is 13.4. The van der Waals surface area contributed by atoms with Crippen molar-refractivity contribution in [3.8, 4) is 0 Å². The molecule has 0 amide bonds. The molecule has 3 nitrogen and oxygen atoms in total. The molecular weight excluding hydrogens is 277 g/mol. The first-order valence-electron chi connectivity index (χ1n) is 8.61. The van der Waals surface area contributed by atoms with Crippen molar-refractivity contribution < 1.29 is 4.39 Å². The number of hydrogen-bond donors (Lipinski definition) is 2. The molecule has 0 bridgehead atoms. The standard InChI is InChI=1S/C18H26FN3/c1-22-8-5-18(19,6-9-22)12-21-17-11-15(17)13-2-3-16-14(10-13)4-7-20-16/h2-3,10,15,17,20-21H,4-9,11-12H2,1H3. The molecule has 2 atom stereocenters. The Hall–Kier alpha value is -1.13. The summed E-state index contributed by atoms with van der Waals surface area (Å²) < 4.78 is 14.7. The van der Waals surface area contributed by atoms with Crippen LogP contribution in [-0.4, -0.2) is 49.8 Å². The normalized spacial score (nSPS) is 29.9. The molecule has 2 N–H and O–H groups in total. The van der Waals surface area contributed by atoms with Gasteiger partial charge in [-0.25, -0.2) is 4.39 Å². The van der Waals surface area contributed by atoms with Crippen LogP contribution in [0.5, 0.6) is 0 Å². The van der Waals surface area contributed by atoms with Crippen LogP contribution in [0, 0.1) is 0 Å². The van der Waals surface area contributed by atoms with E-state index in [1.165, 1.54) is 16.8 Å². The lowest BCUT2D eigenvalue weighted by Gasteiger charge is -2.34. The first-order valence-corrected chi connectivity index (χ1v) is 8.61. The van der Waals surface area contributed by atoms with Crippen molar-refractivity contribution in [2.45, 2.75) is 43.3 Å². The van der Waals surface area contributed by atoms with Crippen molar-refractivity contribution in [3.05, 3.63) is 29.3 Å². The number of hydrogen-bond acceptors (Lipinski definition) is 3. The van der Waals surface area contributed by atoms with Gasteiger partial charge >= 0.3 is 0 Å². The molecule has 3 aliphatic rings. The number of fused-ring (bicyclic) bond motifs is 1. The van der Waals surface area contributed by atoms with Gasteiger partial charge in [0, 0.05) is 43.8 Å². The van der Waals surface area contributed by atoms with Crippen LogP contribution in [0.4, 0.5) is 10.1 Å². The Kier molecular flexibility index (Phi) is 3.61. The fraction of sp³-hybridized carbons (Fsp3) is 0.667. The number of nitrogens with zero attached hydrogens (tertiary/aromatic N) is 1. The number of piperidine rings is 1. The topological polar surface area (TPSA) is 27.3 Å². The molecule has 1 saturated heterocycles. The Morgan fingerprint density at radius 2 is 2.18 bits per heavy atom. The van der Waals surface area contributed by atoms with Crippen molar-refractivity contribution >= 4 is 5.69 Å². The highest BCUT2D eigenvalue weighted by Crippen LogP contribution is 2.42. The molecule has 2 aliphatic heterocycles. The van der Waals surface area contributed by atoms with Crippen LogP contribution >= 0.6 is 0 Å². The quantitative estimate of drug-likeness (QED) is 0.895. The van der Waals surface area contributed by atoms with Gasteiger partial charge in [-0.15, -0.1) is 0 Å². The highest BCUT2D eigenvalue weighted by Gasteiger charge is 2.41. The smallest absolute Gasteiger partial charge is 0.125 e. The SMILES string of the molecule is CN1CCC(F)(CNC2CC2c2ccc3c(c2)CCN3)CC1. The van der Waals surface area contributed by atoms with Gasteiger partial charge < -0.3 is 15.5 Å². The summed E-state index contributed by atoms with van der Waals surface area (Å²) in [5, 5.41) is 6.89. The van der Waals surface area contributed by atoms with E-state index in [0.29, 0.717) is 31.3 Å². The number of halogens is 1. The van der Waals surface area contributed by atoms with Crippen LogP contribution in [-0.2, 0) is 6.42 Å². The highest BCUT2D eigenvalue weighted by atomic mass is 19.1. The molecule has 4 rings (SSSR count). The Bertz CT molecular complexity index is 551. The van der Waals surface area contributed by atoms with Crippen molar-refractivity contribution in [2.75, 3.05) is 38.5 Å². The van der Waals surface area contributed by atoms with Gasteiger partial charge in [-0.1, -0.05) is 12.1 Å². The molecule has 120 valence electrons. The van der Waals surface area contributed by atoms with Crippen LogP contribution in [0.2, 0.25) is 0 Å². The van der Waals surface area contributed by atoms with E-state index in [-0.39, 0.29) is 0 Å². The summed E-state index contributed by atoms with van der Waals surface area (Å²) in [6.45, 7) is 3.34. The molecular formula is C18H26FN3. The lowest BCUT2D eigenvalue weighted by atomic mass is 9.93. The van der Waals surface area contributed by atoms with Gasteiger partial charge in [0.2, 0.25) is 0 Å². The summed E-state index contributed by atoms with van der Waals surface area (Å²) in [5.74, 6) is 0.584. The average molecular weight is 303 g/mol. The molecule has 22 heavy (non-hydrogen) atoms. The average Bonchev–Trinajstić information content (AvgIpc) is 3.16. The third-order valence-electron chi connectivity index (χ3n) is 5.62. The van der Waals surface area contributed by atoms with Crippen molar-refractivity contribution in [1.82, 2.24) is 10.2 Å². The molecule has 0 aromatic heterocycles. The largest absolute Gasteiger partial charge is 0.384 e. The molecule has 2 unspecified atom stereocenters. The molecule has 2 fully saturated rings. The molecule has 0 spiro atoms. The number of rotatable bonds is 4. The molecule has 1 aliphatic carbocycles. The Morgan fingerprint density at radius 3 is 3.00 bits per heavy atom. The van der Waals surface area contributed by atoms with E-state index in [4.69, 9.17) is 0 Å². The lowest BCUT2D eigenvalue weighted by molar-refractivity contribution is 0.0685. The monoisotopic (exact) mass is 303 g/mol. The minimum absolute atomic E-state index is 0.472. The fourth-order valence-electron chi connectivity index (χ4n) is 3.85. The van der Waals surface area contributed by atoms with E-state index in [0.717, 1.165) is 32.5 Å². The number of anilines is 1. The van der Waals surface area contributed by atoms with Crippen molar-refractivity contribution in [3.63, 3.8) is 0 Å². The van der Waals surface area contributed by atoms with E-state index in [1.807, 2.05) is 0 Å². The molecule has 1 saturated carbocycles. The van der Waals surface area contributed by atoms with Gasteiger partial charge in [0.1, 0.15) is 5.67 Å². The van der Waals surface area contributed by atoms with Gasteiger partial charge in [-0.3, -0.25) is 0 Å². The Morgan fingerprint density at radius 1 is 1.36 bits per heavy atom. The van der Waals surface area contributed by atoms with Gasteiger partial charge in [0.05, 0.1) is 0 Å². The number of benzene rings is 1. The Labute approximate surface area is 132 Å². The van der Waals surface area contributed by atoms with Crippen LogP contribution in [0.15, 0.2) is 18.2 Å². The van der Waals surface area contributed by atoms with Crippen molar-refractivity contribution in [1.29, 1.82) is 0 Å². The number of likely N-dealkylation sites (tertiary alicyclic amines) is 1. The van der Waals surface area contributed by atoms with Crippen LogP contribution in [0.25, 0.3) is 0 Å². The van der Waals surface area contributed by atoms with E-state index in [9.17, 15) is 4.39 Å². The second-order valence-corrected chi connectivity index (χ2v) is 7.38. The zero-order chi connectivity index (χ0) is 15.2. The Balaban J connectivity index is 1.31. The van der Waals surface area contributed by atoms with Crippen LogP contribution < -0.4 is 10.6 Å². The van der Waals surface area contributed by atoms with Crippen molar-refractivity contribution in [2.24, 2.45) is 0 Å². The summed E-state index contributed by atoms with van der Waals surface area (Å²) in [5.41, 5.74) is 3.17. The third-order valence-corrected chi connectivity index (χ3v) is 5.62. The lowest BCUT2D eigenvalue weighted by Crippen LogP contribution is -2.46. The number of alkyl halides is 1. The third kappa shape index (κ3) is 2.86. The number of nitrogens with one attached hydrogen (secondary N) is 2. The predicted molar refractivity (Wildman–Crippen MR) is 88.4 cm³/mol. The van der Waals surface area contributed by atoms with Gasteiger partial charge in [-0.2, -0.15) is 0 Å². The predicted octanol–water partition coefficient (Wildman–Crippen LogP) is 2.53. The first-order chi connectivity index (χ1) is 10.6. The van der Waals surface area contributed by atoms with E-state index in [1.54, 1.807) is 0 Å². The molecule has 0 radical (unpaired) electrons. The van der Waals surface area contributed by atoms with Crippen LogP contribution in [0.3, 0.4) is 0 Å². The van der Waals surface area contributed by atoms with E-state index >= 15 is 0 Å². The summed E-state index contributed by atoms with van der Waals surface area (Å²) in [4.78, 5) is 2.22. The maximum Gasteiger partial charge on any atom is 0.125 e. The summed E-state index contributed by atoms with van der Waals surface area (Å²) in [6, 6.07) is 7.27. The van der Waals surface area contributed by atoms with E-state index in [2.05, 4.69) is 40.8 Å². The fourth-order valence-corrected chi connectivity index (χ4v) is 3.85. The van der Waals surface area contributed by atoms with Crippen LogP contribution in [0.1, 0.15) is 36.3 Å². The maximum absolute atomic E-state index is 14.7. The summed E-state index contributed by atoms with van der Waals surface area (Å²) in [6.07, 6.45) is 3.62. The van der Waals surface area contributed by atoms with Gasteiger partial charge in [0.15, 0.2) is 0 Å². The molecule has 1 aromatic carbocycles. The maximum atomic E-state index is 14.7. The molecule has 2 heterocycles. The van der Waals surface area contributed by atoms with E-state index < -0.39 is 5.67 Å². The second kappa shape index (κ2) is 5.50. The molecule has 4 heteroatoms. The second-order valence-electron chi connectivity index (χ2n) is 7.38. The summed E-state index contributed by atoms with van der Waals surface area (Å²) in [7, 11) is 2.08. The molecule has 1 aromatic rings. The van der Waals surface area contributed by atoms with Gasteiger partial charge in [0.25, 0.3) is 0 Å². The highest BCUT2D eigenvalue weighted by molar-refractivity contribution is 5.57. The zero-order valence-corrected chi connectivity index (χ0v) is 13.4.